The van der Waals surface area contributed by atoms with E-state index < -0.39 is 0 Å². The van der Waals surface area contributed by atoms with E-state index in [4.69, 9.17) is 4.74 Å². The Bertz CT molecular complexity index is 787. The van der Waals surface area contributed by atoms with Gasteiger partial charge in [-0.3, -0.25) is 4.99 Å². The molecule has 0 bridgehead atoms. The van der Waals surface area contributed by atoms with Gasteiger partial charge in [-0.2, -0.15) is 5.10 Å². The van der Waals surface area contributed by atoms with Crippen molar-refractivity contribution in [2.75, 3.05) is 46.4 Å². The minimum Gasteiger partial charge on any atom is -0.450 e. The normalized spacial score (nSPS) is 14.3. The van der Waals surface area contributed by atoms with Gasteiger partial charge in [0.15, 0.2) is 5.96 Å². The van der Waals surface area contributed by atoms with Crippen LogP contribution in [0.25, 0.3) is 5.69 Å². The molecule has 1 aliphatic rings. The maximum absolute atomic E-state index is 11.8. The van der Waals surface area contributed by atoms with E-state index in [2.05, 4.69) is 26.5 Å². The van der Waals surface area contributed by atoms with Gasteiger partial charge >= 0.3 is 6.09 Å². The molecule has 1 aromatic carbocycles. The van der Waals surface area contributed by atoms with E-state index in [0.717, 1.165) is 37.7 Å². The highest BCUT2D eigenvalue weighted by atomic mass is 127. The molecule has 1 N–H and O–H groups in total. The van der Waals surface area contributed by atoms with Gasteiger partial charge in [0.05, 0.1) is 18.5 Å². The van der Waals surface area contributed by atoms with E-state index in [0.29, 0.717) is 19.7 Å². The highest BCUT2D eigenvalue weighted by molar-refractivity contribution is 14.0. The van der Waals surface area contributed by atoms with Crippen LogP contribution in [0.4, 0.5) is 4.79 Å². The molecule has 0 radical (unpaired) electrons. The molecule has 158 valence electrons. The Kier molecular flexibility index (Phi) is 9.23. The van der Waals surface area contributed by atoms with Crippen LogP contribution in [0.2, 0.25) is 0 Å². The number of halogens is 1. The smallest absolute Gasteiger partial charge is 0.409 e. The van der Waals surface area contributed by atoms with E-state index in [-0.39, 0.29) is 30.1 Å². The third-order valence-corrected chi connectivity index (χ3v) is 4.67. The fourth-order valence-corrected chi connectivity index (χ4v) is 3.18. The van der Waals surface area contributed by atoms with Crippen LogP contribution < -0.4 is 5.32 Å². The van der Waals surface area contributed by atoms with Crippen molar-refractivity contribution in [2.45, 2.75) is 13.3 Å². The van der Waals surface area contributed by atoms with Gasteiger partial charge < -0.3 is 19.9 Å². The van der Waals surface area contributed by atoms with Crippen molar-refractivity contribution in [3.63, 3.8) is 0 Å². The molecule has 1 aliphatic heterocycles. The van der Waals surface area contributed by atoms with Crippen LogP contribution >= 0.6 is 24.0 Å². The van der Waals surface area contributed by atoms with E-state index in [1.807, 2.05) is 48.1 Å². The fourth-order valence-electron chi connectivity index (χ4n) is 3.18. The average molecular weight is 512 g/mol. The number of ether oxygens (including phenoxy) is 1. The molecule has 9 heteroatoms. The summed E-state index contributed by atoms with van der Waals surface area (Å²) >= 11 is 0. The van der Waals surface area contributed by atoms with Crippen LogP contribution in [-0.2, 0) is 11.2 Å². The van der Waals surface area contributed by atoms with Crippen molar-refractivity contribution in [2.24, 2.45) is 4.99 Å². The lowest BCUT2D eigenvalue weighted by atomic mass is 10.2. The zero-order chi connectivity index (χ0) is 19.8. The predicted molar refractivity (Wildman–Crippen MR) is 124 cm³/mol. The summed E-state index contributed by atoms with van der Waals surface area (Å²) in [5.41, 5.74) is 2.22. The van der Waals surface area contributed by atoms with Crippen molar-refractivity contribution in [3.8, 4) is 5.69 Å². The third-order valence-electron chi connectivity index (χ3n) is 4.67. The molecule has 0 saturated carbocycles. The number of aromatic nitrogens is 2. The van der Waals surface area contributed by atoms with Crippen molar-refractivity contribution < 1.29 is 9.53 Å². The van der Waals surface area contributed by atoms with E-state index in [1.165, 1.54) is 5.56 Å². The van der Waals surface area contributed by atoms with Crippen LogP contribution in [0.3, 0.4) is 0 Å². The monoisotopic (exact) mass is 512 g/mol. The largest absolute Gasteiger partial charge is 0.450 e. The summed E-state index contributed by atoms with van der Waals surface area (Å²) in [6.45, 7) is 5.76. The molecule has 0 unspecified atom stereocenters. The van der Waals surface area contributed by atoms with Crippen molar-refractivity contribution in [3.05, 3.63) is 48.3 Å². The number of rotatable bonds is 5. The molecule has 2 aromatic rings. The highest BCUT2D eigenvalue weighted by Gasteiger charge is 2.23. The minimum absolute atomic E-state index is 0. The molecule has 8 nitrogen and oxygen atoms in total. The number of amides is 1. The molecule has 29 heavy (non-hydrogen) atoms. The second-order valence-electron chi connectivity index (χ2n) is 6.53. The van der Waals surface area contributed by atoms with Crippen molar-refractivity contribution >= 4 is 36.0 Å². The SMILES string of the molecule is CCOC(=O)N1CCN(C(=NC)NCCc2cnn(-c3ccccc3)c2)CC1.I. The Morgan fingerprint density at radius 1 is 1.17 bits per heavy atom. The highest BCUT2D eigenvalue weighted by Crippen LogP contribution is 2.08. The summed E-state index contributed by atoms with van der Waals surface area (Å²) in [4.78, 5) is 20.1. The molecule has 1 amide bonds. The van der Waals surface area contributed by atoms with E-state index in [1.54, 1.807) is 11.9 Å². The standard InChI is InChI=1S/C20H28N6O2.HI/c1-3-28-20(27)25-13-11-24(12-14-25)19(21-2)22-10-9-17-15-23-26(16-17)18-7-5-4-6-8-18;/h4-8,15-16H,3,9-14H2,1-2H3,(H,21,22);1H. The molecule has 1 saturated heterocycles. The van der Waals surface area contributed by atoms with Gasteiger partial charge in [0, 0.05) is 46.0 Å². The van der Waals surface area contributed by atoms with Gasteiger partial charge in [-0.05, 0) is 31.0 Å². The maximum atomic E-state index is 11.8. The molecule has 2 heterocycles. The first-order valence-electron chi connectivity index (χ1n) is 9.67. The van der Waals surface area contributed by atoms with Crippen LogP contribution in [0, 0.1) is 0 Å². The molecule has 1 fully saturated rings. The van der Waals surface area contributed by atoms with E-state index in [9.17, 15) is 4.79 Å². The number of aliphatic imine (C=N–C) groups is 1. The number of piperazine rings is 1. The van der Waals surface area contributed by atoms with E-state index >= 15 is 0 Å². The predicted octanol–water partition coefficient (Wildman–Crippen LogP) is 2.38. The van der Waals surface area contributed by atoms with Crippen molar-refractivity contribution in [1.82, 2.24) is 24.9 Å². The van der Waals surface area contributed by atoms with Crippen LogP contribution in [-0.4, -0.2) is 78.0 Å². The molecule has 3 rings (SSSR count). The Balaban J connectivity index is 0.00000300. The lowest BCUT2D eigenvalue weighted by Gasteiger charge is -2.35. The minimum atomic E-state index is -0.236. The Hall–Kier alpha value is -2.30. The topological polar surface area (TPSA) is 75.0 Å². The van der Waals surface area contributed by atoms with Crippen LogP contribution in [0.5, 0.6) is 0 Å². The number of nitrogens with one attached hydrogen (secondary N) is 1. The number of carbonyl (C=O) groups is 1. The second kappa shape index (κ2) is 11.6. The summed E-state index contributed by atoms with van der Waals surface area (Å²) in [5, 5.41) is 7.84. The quantitative estimate of drug-likeness (QED) is 0.379. The molecule has 0 spiro atoms. The van der Waals surface area contributed by atoms with Gasteiger partial charge in [-0.1, -0.05) is 18.2 Å². The first-order chi connectivity index (χ1) is 13.7. The van der Waals surface area contributed by atoms with Crippen LogP contribution in [0.15, 0.2) is 47.7 Å². The van der Waals surface area contributed by atoms with Gasteiger partial charge in [-0.15, -0.1) is 24.0 Å². The van der Waals surface area contributed by atoms with Gasteiger partial charge in [0.1, 0.15) is 0 Å². The average Bonchev–Trinajstić information content (AvgIpc) is 3.21. The third kappa shape index (κ3) is 6.34. The lowest BCUT2D eigenvalue weighted by Crippen LogP contribution is -2.54. The number of guanidine groups is 1. The Morgan fingerprint density at radius 3 is 2.52 bits per heavy atom. The molecule has 0 aliphatic carbocycles. The fraction of sp³-hybridized carbons (Fsp3) is 0.450. The van der Waals surface area contributed by atoms with Gasteiger partial charge in [-0.25, -0.2) is 9.48 Å². The number of nitrogens with zero attached hydrogens (tertiary/aromatic N) is 5. The van der Waals surface area contributed by atoms with Crippen molar-refractivity contribution in [1.29, 1.82) is 0 Å². The molecule has 0 atom stereocenters. The first kappa shape index (κ1) is 23.0. The maximum Gasteiger partial charge on any atom is 0.409 e. The molecular weight excluding hydrogens is 483 g/mol. The summed E-state index contributed by atoms with van der Waals surface area (Å²) in [6, 6.07) is 10.1. The number of carbonyl (C=O) groups excluding carboxylic acids is 1. The number of para-hydroxylation sites is 1. The molecular formula is C20H29IN6O2. The summed E-state index contributed by atoms with van der Waals surface area (Å²) < 4.78 is 6.95. The second-order valence-corrected chi connectivity index (χ2v) is 6.53. The Morgan fingerprint density at radius 2 is 1.86 bits per heavy atom. The first-order valence-corrected chi connectivity index (χ1v) is 9.67. The zero-order valence-corrected chi connectivity index (χ0v) is 19.3. The summed E-state index contributed by atoms with van der Waals surface area (Å²) in [5.74, 6) is 0.860. The van der Waals surface area contributed by atoms with Gasteiger partial charge in [0.2, 0.25) is 0 Å². The number of hydrogen-bond donors (Lipinski definition) is 1. The summed E-state index contributed by atoms with van der Waals surface area (Å²) in [7, 11) is 1.79. The van der Waals surface area contributed by atoms with Gasteiger partial charge in [0.25, 0.3) is 0 Å². The molecule has 1 aromatic heterocycles. The summed E-state index contributed by atoms with van der Waals surface area (Å²) in [6.07, 6.45) is 4.57. The number of benzene rings is 1. The lowest BCUT2D eigenvalue weighted by molar-refractivity contribution is 0.0915. The van der Waals surface area contributed by atoms with Crippen LogP contribution in [0.1, 0.15) is 12.5 Å². The zero-order valence-electron chi connectivity index (χ0n) is 17.0. The number of hydrogen-bond acceptors (Lipinski definition) is 4. The Labute approximate surface area is 188 Å².